The molecule has 4 heterocycles. The molecule has 0 saturated carbocycles. The van der Waals surface area contributed by atoms with Crippen molar-refractivity contribution in [3.05, 3.63) is 71.6 Å². The molecule has 1 saturated heterocycles. The molecule has 0 spiro atoms. The maximum Gasteiger partial charge on any atom is 0.216 e. The molecular weight excluding hydrogens is 425 g/mol. The Labute approximate surface area is 190 Å². The van der Waals surface area contributed by atoms with Crippen molar-refractivity contribution in [3.8, 4) is 0 Å². The first-order valence-corrected chi connectivity index (χ1v) is 11.0. The van der Waals surface area contributed by atoms with E-state index in [1.165, 1.54) is 12.1 Å². The zero-order valence-corrected chi connectivity index (χ0v) is 18.4. The number of fused-ring (bicyclic) bond motifs is 1. The van der Waals surface area contributed by atoms with E-state index in [-0.39, 0.29) is 5.82 Å². The summed E-state index contributed by atoms with van der Waals surface area (Å²) in [6.07, 6.45) is 1.33. The van der Waals surface area contributed by atoms with Gasteiger partial charge in [0, 0.05) is 37.6 Å². The van der Waals surface area contributed by atoms with E-state index in [1.807, 2.05) is 35.7 Å². The molecule has 4 aromatic rings. The van der Waals surface area contributed by atoms with Gasteiger partial charge in [0.1, 0.15) is 17.6 Å². The van der Waals surface area contributed by atoms with Crippen molar-refractivity contribution in [2.24, 2.45) is 0 Å². The summed E-state index contributed by atoms with van der Waals surface area (Å²) in [4.78, 5) is 11.8. The SMILES string of the molecule is Cc1cc(Nc2nc(C(OCCN3CCOCC3)c3ccc(F)cc3)nc3cccn23)n[nH]1. The minimum atomic E-state index is -0.548. The summed E-state index contributed by atoms with van der Waals surface area (Å²) in [5, 5.41) is 10.4. The highest BCUT2D eigenvalue weighted by molar-refractivity contribution is 5.54. The predicted octanol–water partition coefficient (Wildman–Crippen LogP) is 3.08. The molecule has 172 valence electrons. The van der Waals surface area contributed by atoms with E-state index in [0.29, 0.717) is 24.2 Å². The van der Waals surface area contributed by atoms with E-state index in [1.54, 1.807) is 12.1 Å². The standard InChI is InChI=1S/C23H26FN7O2/c1-16-15-19(29-28-16)25-23-27-22(26-20-3-2-8-31(20)23)21(17-4-6-18(24)7-5-17)33-14-11-30-9-12-32-13-10-30/h2-8,15,21H,9-14H2,1H3,(H2,25,26,27,28,29). The van der Waals surface area contributed by atoms with Gasteiger partial charge >= 0.3 is 0 Å². The van der Waals surface area contributed by atoms with E-state index in [0.717, 1.165) is 49.8 Å². The predicted molar refractivity (Wildman–Crippen MR) is 121 cm³/mol. The van der Waals surface area contributed by atoms with Gasteiger partial charge in [0.05, 0.1) is 19.8 Å². The molecule has 9 nitrogen and oxygen atoms in total. The van der Waals surface area contributed by atoms with Crippen molar-refractivity contribution >= 4 is 17.4 Å². The summed E-state index contributed by atoms with van der Waals surface area (Å²) in [6, 6.07) is 12.0. The van der Waals surface area contributed by atoms with Crippen molar-refractivity contribution in [1.29, 1.82) is 0 Å². The number of aromatic nitrogens is 5. The van der Waals surface area contributed by atoms with Gasteiger partial charge in [0.25, 0.3) is 0 Å². The Morgan fingerprint density at radius 1 is 1.18 bits per heavy atom. The fourth-order valence-electron chi connectivity index (χ4n) is 3.83. The van der Waals surface area contributed by atoms with Crippen molar-refractivity contribution < 1.29 is 13.9 Å². The van der Waals surface area contributed by atoms with E-state index < -0.39 is 6.10 Å². The Morgan fingerprint density at radius 2 is 2.00 bits per heavy atom. The van der Waals surface area contributed by atoms with Crippen LogP contribution in [-0.4, -0.2) is 68.9 Å². The largest absolute Gasteiger partial charge is 0.379 e. The maximum absolute atomic E-state index is 13.6. The first-order chi connectivity index (χ1) is 16.2. The van der Waals surface area contributed by atoms with Crippen LogP contribution < -0.4 is 5.32 Å². The molecule has 2 N–H and O–H groups in total. The summed E-state index contributed by atoms with van der Waals surface area (Å²) >= 11 is 0. The van der Waals surface area contributed by atoms with Crippen LogP contribution in [0, 0.1) is 12.7 Å². The smallest absolute Gasteiger partial charge is 0.216 e. The third kappa shape index (κ3) is 5.03. The molecule has 33 heavy (non-hydrogen) atoms. The highest BCUT2D eigenvalue weighted by atomic mass is 19.1. The van der Waals surface area contributed by atoms with Gasteiger partial charge in [-0.1, -0.05) is 12.1 Å². The average molecular weight is 452 g/mol. The summed E-state index contributed by atoms with van der Waals surface area (Å²) in [5.41, 5.74) is 2.45. The highest BCUT2D eigenvalue weighted by Gasteiger charge is 2.22. The van der Waals surface area contributed by atoms with Gasteiger partial charge < -0.3 is 14.8 Å². The Balaban J connectivity index is 1.45. The van der Waals surface area contributed by atoms with Crippen LogP contribution in [0.2, 0.25) is 0 Å². The number of H-pyrrole nitrogens is 1. The number of benzene rings is 1. The summed E-state index contributed by atoms with van der Waals surface area (Å²) in [6.45, 7) is 6.42. The molecule has 1 fully saturated rings. The van der Waals surface area contributed by atoms with Crippen molar-refractivity contribution in [1.82, 2.24) is 29.5 Å². The molecule has 1 aromatic carbocycles. The minimum Gasteiger partial charge on any atom is -0.379 e. The molecule has 1 unspecified atom stereocenters. The first-order valence-electron chi connectivity index (χ1n) is 11.0. The lowest BCUT2D eigenvalue weighted by atomic mass is 10.1. The fourth-order valence-corrected chi connectivity index (χ4v) is 3.83. The van der Waals surface area contributed by atoms with Gasteiger partial charge in [-0.3, -0.25) is 14.4 Å². The lowest BCUT2D eigenvalue weighted by Gasteiger charge is -2.27. The molecule has 0 bridgehead atoms. The van der Waals surface area contributed by atoms with E-state index in [4.69, 9.17) is 19.4 Å². The van der Waals surface area contributed by atoms with Crippen molar-refractivity contribution in [2.45, 2.75) is 13.0 Å². The topological polar surface area (TPSA) is 92.6 Å². The van der Waals surface area contributed by atoms with Gasteiger partial charge in [0.15, 0.2) is 11.6 Å². The third-order valence-electron chi connectivity index (χ3n) is 5.55. The van der Waals surface area contributed by atoms with Gasteiger partial charge in [-0.05, 0) is 36.8 Å². The lowest BCUT2D eigenvalue weighted by molar-refractivity contribution is 0.00820. The van der Waals surface area contributed by atoms with Gasteiger partial charge in [-0.15, -0.1) is 0 Å². The molecule has 5 rings (SSSR count). The second kappa shape index (κ2) is 9.65. The van der Waals surface area contributed by atoms with Crippen LogP contribution in [0.4, 0.5) is 16.2 Å². The average Bonchev–Trinajstić information content (AvgIpc) is 3.47. The number of rotatable bonds is 8. The minimum absolute atomic E-state index is 0.301. The maximum atomic E-state index is 13.6. The molecule has 1 atom stereocenters. The number of hydrogen-bond acceptors (Lipinski definition) is 7. The number of halogens is 1. The van der Waals surface area contributed by atoms with Crippen LogP contribution in [0.3, 0.4) is 0 Å². The second-order valence-electron chi connectivity index (χ2n) is 7.96. The first kappa shape index (κ1) is 21.5. The number of hydrogen-bond donors (Lipinski definition) is 2. The molecule has 0 radical (unpaired) electrons. The number of anilines is 2. The molecule has 3 aromatic heterocycles. The number of ether oxygens (including phenoxy) is 2. The fraction of sp³-hybridized carbons (Fsp3) is 0.348. The highest BCUT2D eigenvalue weighted by Crippen LogP contribution is 2.26. The normalized spacial score (nSPS) is 15.7. The Morgan fingerprint density at radius 3 is 2.76 bits per heavy atom. The summed E-state index contributed by atoms with van der Waals surface area (Å²) < 4.78 is 27.2. The monoisotopic (exact) mass is 451 g/mol. The van der Waals surface area contributed by atoms with Crippen LogP contribution in [0.25, 0.3) is 5.65 Å². The van der Waals surface area contributed by atoms with E-state index >= 15 is 0 Å². The van der Waals surface area contributed by atoms with E-state index in [2.05, 4.69) is 20.4 Å². The molecule has 1 aliphatic heterocycles. The quantitative estimate of drug-likeness (QED) is 0.425. The molecular formula is C23H26FN7O2. The zero-order valence-electron chi connectivity index (χ0n) is 18.4. The van der Waals surface area contributed by atoms with Gasteiger partial charge in [-0.25, -0.2) is 9.37 Å². The van der Waals surface area contributed by atoms with Crippen molar-refractivity contribution in [2.75, 3.05) is 44.8 Å². The van der Waals surface area contributed by atoms with Crippen molar-refractivity contribution in [3.63, 3.8) is 0 Å². The number of aromatic amines is 1. The van der Waals surface area contributed by atoms with Crippen LogP contribution in [0.5, 0.6) is 0 Å². The second-order valence-corrected chi connectivity index (χ2v) is 7.96. The van der Waals surface area contributed by atoms with Gasteiger partial charge in [-0.2, -0.15) is 10.1 Å². The van der Waals surface area contributed by atoms with E-state index in [9.17, 15) is 4.39 Å². The number of morpholine rings is 1. The van der Waals surface area contributed by atoms with Crippen LogP contribution >= 0.6 is 0 Å². The third-order valence-corrected chi connectivity index (χ3v) is 5.55. The summed E-state index contributed by atoms with van der Waals surface area (Å²) in [5.74, 6) is 1.41. The Bertz CT molecular complexity index is 1200. The zero-order chi connectivity index (χ0) is 22.6. The number of aryl methyl sites for hydroxylation is 1. The summed E-state index contributed by atoms with van der Waals surface area (Å²) in [7, 11) is 0. The van der Waals surface area contributed by atoms with Gasteiger partial charge in [0.2, 0.25) is 5.95 Å². The Kier molecular flexibility index (Phi) is 6.29. The molecule has 10 heteroatoms. The molecule has 0 amide bonds. The lowest BCUT2D eigenvalue weighted by Crippen LogP contribution is -2.38. The number of nitrogens with zero attached hydrogens (tertiary/aromatic N) is 5. The van der Waals surface area contributed by atoms with Crippen LogP contribution in [0.15, 0.2) is 48.7 Å². The Hall–Kier alpha value is -3.34. The molecule has 0 aliphatic carbocycles. The molecule has 1 aliphatic rings. The van der Waals surface area contributed by atoms with Crippen LogP contribution in [-0.2, 0) is 9.47 Å². The van der Waals surface area contributed by atoms with Crippen LogP contribution in [0.1, 0.15) is 23.2 Å². The number of nitrogens with one attached hydrogen (secondary N) is 2.